The van der Waals surface area contributed by atoms with Gasteiger partial charge in [-0.2, -0.15) is 21.6 Å². The normalized spacial score (nSPS) is 14.1. The summed E-state index contributed by atoms with van der Waals surface area (Å²) in [6, 6.07) is 2.80. The van der Waals surface area contributed by atoms with Crippen molar-refractivity contribution >= 4 is 44.7 Å². The molecular formula is C19H19F3N8O2S. The minimum Gasteiger partial charge on any atom is -0.373 e. The van der Waals surface area contributed by atoms with Gasteiger partial charge in [0, 0.05) is 18.8 Å². The number of anilines is 2. The van der Waals surface area contributed by atoms with Crippen molar-refractivity contribution in [1.82, 2.24) is 9.55 Å². The first-order valence-corrected chi connectivity index (χ1v) is 11.3. The predicted octanol–water partition coefficient (Wildman–Crippen LogP) is 5.45. The molecule has 0 spiro atoms. The van der Waals surface area contributed by atoms with Crippen LogP contribution in [-0.2, 0) is 23.0 Å². The first-order valence-electron chi connectivity index (χ1n) is 9.84. The molecule has 2 heterocycles. The zero-order valence-corrected chi connectivity index (χ0v) is 18.5. The Morgan fingerprint density at radius 2 is 1.91 bits per heavy atom. The second kappa shape index (κ2) is 9.07. The highest BCUT2D eigenvalue weighted by Gasteiger charge is 2.46. The van der Waals surface area contributed by atoms with E-state index in [4.69, 9.17) is 13.1 Å². The van der Waals surface area contributed by atoms with E-state index in [9.17, 15) is 21.6 Å². The van der Waals surface area contributed by atoms with Crippen LogP contribution in [0.25, 0.3) is 9.69 Å². The molecular weight excluding hydrogens is 461 g/mol. The molecule has 0 amide bonds. The molecule has 1 aromatic carbocycles. The van der Waals surface area contributed by atoms with Crippen LogP contribution in [0.4, 0.5) is 47.8 Å². The number of aryl methyl sites for hydroxylation is 1. The van der Waals surface area contributed by atoms with Gasteiger partial charge in [-0.25, -0.2) is 4.57 Å². The maximum atomic E-state index is 13.0. The van der Waals surface area contributed by atoms with E-state index in [2.05, 4.69) is 24.9 Å². The third-order valence-electron chi connectivity index (χ3n) is 5.02. The number of rotatable bonds is 6. The fraction of sp³-hybridized carbons (Fsp3) is 0.421. The Morgan fingerprint density at radius 1 is 1.18 bits per heavy atom. The summed E-state index contributed by atoms with van der Waals surface area (Å²) in [5.74, 6) is -0.307. The first-order chi connectivity index (χ1) is 15.6. The summed E-state index contributed by atoms with van der Waals surface area (Å²) in [5, 5.41) is 7.88. The number of benzene rings is 1. The summed E-state index contributed by atoms with van der Waals surface area (Å²) in [5.41, 5.74) is -4.65. The van der Waals surface area contributed by atoms with Crippen molar-refractivity contribution in [3.05, 3.63) is 40.5 Å². The van der Waals surface area contributed by atoms with E-state index >= 15 is 0 Å². The van der Waals surface area contributed by atoms with E-state index in [1.165, 1.54) is 16.7 Å². The highest BCUT2D eigenvalue weighted by atomic mass is 32.2. The Hall–Kier alpha value is -3.65. The van der Waals surface area contributed by atoms with Gasteiger partial charge in [0.2, 0.25) is 0 Å². The largest absolute Gasteiger partial charge is 0.516 e. The van der Waals surface area contributed by atoms with Crippen molar-refractivity contribution < 1.29 is 21.6 Å². The summed E-state index contributed by atoms with van der Waals surface area (Å²) >= 11 is 0. The van der Waals surface area contributed by atoms with Crippen LogP contribution in [0, 0.1) is 13.1 Å². The molecule has 0 saturated carbocycles. The number of halogens is 3. The number of hydrogen-bond donors (Lipinski definition) is 1. The Morgan fingerprint density at radius 3 is 2.48 bits per heavy atom. The molecule has 1 aliphatic rings. The lowest BCUT2D eigenvalue weighted by molar-refractivity contribution is -0.0429. The van der Waals surface area contributed by atoms with E-state index in [0.29, 0.717) is 25.2 Å². The van der Waals surface area contributed by atoms with Crippen LogP contribution < -0.4 is 9.62 Å². The fourth-order valence-electron chi connectivity index (χ4n) is 3.46. The van der Waals surface area contributed by atoms with Crippen molar-refractivity contribution in [2.75, 3.05) is 22.7 Å². The highest BCUT2D eigenvalue weighted by Crippen LogP contribution is 2.40. The number of alkyl halides is 3. The van der Waals surface area contributed by atoms with Crippen molar-refractivity contribution in [3.63, 3.8) is 0 Å². The highest BCUT2D eigenvalue weighted by molar-refractivity contribution is 7.93. The maximum absolute atomic E-state index is 13.0. The van der Waals surface area contributed by atoms with Crippen molar-refractivity contribution in [1.29, 1.82) is 0 Å². The molecule has 1 N–H and O–H groups in total. The molecule has 3 rings (SSSR count). The zero-order valence-electron chi connectivity index (χ0n) is 17.7. The fourth-order valence-corrected chi connectivity index (χ4v) is 4.03. The number of aromatic nitrogens is 2. The summed E-state index contributed by atoms with van der Waals surface area (Å²) in [6.07, 6.45) is 1.45. The minimum absolute atomic E-state index is 0.0384. The smallest absolute Gasteiger partial charge is 0.373 e. The van der Waals surface area contributed by atoms with Crippen LogP contribution in [-0.4, -0.2) is 36.6 Å². The van der Waals surface area contributed by atoms with Gasteiger partial charge in [0.1, 0.15) is 5.69 Å². The summed E-state index contributed by atoms with van der Waals surface area (Å²) in [6.45, 7) is 19.5. The molecule has 0 radical (unpaired) electrons. The molecule has 2 aromatic rings. The molecule has 0 bridgehead atoms. The number of nitrogens with zero attached hydrogens (tertiary/aromatic N) is 7. The van der Waals surface area contributed by atoms with E-state index in [1.54, 1.807) is 11.6 Å². The number of azo groups is 1. The van der Waals surface area contributed by atoms with Crippen molar-refractivity contribution in [3.8, 4) is 0 Å². The Kier molecular flexibility index (Phi) is 6.60. The van der Waals surface area contributed by atoms with Crippen molar-refractivity contribution in [2.24, 2.45) is 10.2 Å². The zero-order chi connectivity index (χ0) is 24.4. The third-order valence-corrected chi connectivity index (χ3v) is 6.12. The second-order valence-corrected chi connectivity index (χ2v) is 8.63. The molecule has 174 valence electrons. The maximum Gasteiger partial charge on any atom is 0.516 e. The van der Waals surface area contributed by atoms with Crippen LogP contribution in [0.5, 0.6) is 0 Å². The van der Waals surface area contributed by atoms with E-state index in [1.807, 2.05) is 11.8 Å². The number of sulfonamides is 1. The molecule has 0 fully saturated rings. The predicted molar refractivity (Wildman–Crippen MR) is 116 cm³/mol. The minimum atomic E-state index is -5.70. The standard InChI is InChI=1S/C19H19F3N8O2S/c1-5-29-9-7-8-12-10-13(14(11-15(12)29)28-33(31,32)19(20,21)22)26-27-18-25-16(23-3)17(24-4)30(18)6-2/h10-11,28H,5-9H2,1-2H3. The summed E-state index contributed by atoms with van der Waals surface area (Å²) in [4.78, 5) is 12.3. The topological polar surface area (TPSA) is 101 Å². The Bertz CT molecular complexity index is 1290. The molecule has 1 aliphatic heterocycles. The van der Waals surface area contributed by atoms with E-state index < -0.39 is 15.5 Å². The van der Waals surface area contributed by atoms with Gasteiger partial charge in [0.15, 0.2) is 0 Å². The average molecular weight is 480 g/mol. The molecule has 1 aromatic heterocycles. The lowest BCUT2D eigenvalue weighted by atomic mass is 10.0. The van der Waals surface area contributed by atoms with Crippen LogP contribution in [0.1, 0.15) is 25.8 Å². The number of hydrogen-bond acceptors (Lipinski definition) is 6. The average Bonchev–Trinajstić information content (AvgIpc) is 3.12. The van der Waals surface area contributed by atoms with Gasteiger partial charge in [-0.1, -0.05) is 23.2 Å². The molecule has 0 atom stereocenters. The molecule has 33 heavy (non-hydrogen) atoms. The van der Waals surface area contributed by atoms with Crippen LogP contribution >= 0.6 is 0 Å². The SMILES string of the molecule is [C-]#[N+]c1nc(N=Nc2cc3c(cc2NS(=O)(=O)C(F)(F)F)N(CC)CCC3)n(CC)c1[N+]#[C-]. The monoisotopic (exact) mass is 480 g/mol. The lowest BCUT2D eigenvalue weighted by Gasteiger charge is -2.31. The molecule has 14 heteroatoms. The number of imidazole rings is 1. The van der Waals surface area contributed by atoms with E-state index in [-0.39, 0.29) is 35.5 Å². The van der Waals surface area contributed by atoms with Gasteiger partial charge >= 0.3 is 21.5 Å². The van der Waals surface area contributed by atoms with Gasteiger partial charge < -0.3 is 14.6 Å². The number of fused-ring (bicyclic) bond motifs is 1. The van der Waals surface area contributed by atoms with Gasteiger partial charge in [-0.15, -0.1) is 5.11 Å². The van der Waals surface area contributed by atoms with Crippen LogP contribution in [0.2, 0.25) is 0 Å². The van der Waals surface area contributed by atoms with Gasteiger partial charge in [-0.05, 0) is 44.4 Å². The Balaban J connectivity index is 2.14. The number of nitrogens with one attached hydrogen (secondary N) is 1. The van der Waals surface area contributed by atoms with Gasteiger partial charge in [0.05, 0.1) is 12.2 Å². The van der Waals surface area contributed by atoms with Crippen molar-refractivity contribution in [2.45, 2.75) is 38.7 Å². The Labute approximate surface area is 188 Å². The summed E-state index contributed by atoms with van der Waals surface area (Å²) < 4.78 is 65.5. The molecule has 0 saturated heterocycles. The molecule has 0 aliphatic carbocycles. The molecule has 0 unspecified atom stereocenters. The van der Waals surface area contributed by atoms with Crippen LogP contribution in [0.15, 0.2) is 22.4 Å². The molecule has 10 nitrogen and oxygen atoms in total. The quantitative estimate of drug-likeness (QED) is 0.439. The van der Waals surface area contributed by atoms with Crippen LogP contribution in [0.3, 0.4) is 0 Å². The lowest BCUT2D eigenvalue weighted by Crippen LogP contribution is -2.31. The van der Waals surface area contributed by atoms with E-state index in [0.717, 1.165) is 12.0 Å². The van der Waals surface area contributed by atoms with Gasteiger partial charge in [0.25, 0.3) is 11.6 Å². The third kappa shape index (κ3) is 4.61. The first kappa shape index (κ1) is 24.0. The summed E-state index contributed by atoms with van der Waals surface area (Å²) in [7, 11) is -5.70. The second-order valence-electron chi connectivity index (χ2n) is 6.96. The van der Waals surface area contributed by atoms with Gasteiger partial charge in [-0.3, -0.25) is 4.72 Å².